The molecule has 7 heteroatoms. The Balaban J connectivity index is 1.58. The first-order valence-corrected chi connectivity index (χ1v) is 9.51. The van der Waals surface area contributed by atoms with Crippen LogP contribution in [-0.2, 0) is 4.74 Å². The topological polar surface area (TPSA) is 97.5 Å². The van der Waals surface area contributed by atoms with Gasteiger partial charge in [0.15, 0.2) is 5.65 Å². The first-order chi connectivity index (χ1) is 13.5. The van der Waals surface area contributed by atoms with Crippen molar-refractivity contribution in [2.45, 2.75) is 44.8 Å². The number of carboxylic acid groups (broad SMARTS) is 1. The molecule has 2 heterocycles. The van der Waals surface area contributed by atoms with Gasteiger partial charge in [0.2, 0.25) is 0 Å². The van der Waals surface area contributed by atoms with E-state index in [1.54, 1.807) is 35.1 Å². The van der Waals surface area contributed by atoms with Gasteiger partial charge in [-0.1, -0.05) is 12.8 Å². The van der Waals surface area contributed by atoms with Crippen molar-refractivity contribution in [1.29, 1.82) is 0 Å². The summed E-state index contributed by atoms with van der Waals surface area (Å²) in [6.45, 7) is 2.15. The van der Waals surface area contributed by atoms with E-state index in [1.165, 1.54) is 12.8 Å². The summed E-state index contributed by atoms with van der Waals surface area (Å²) in [4.78, 5) is 15.5. The molecule has 0 amide bonds. The van der Waals surface area contributed by atoms with Gasteiger partial charge >= 0.3 is 5.97 Å². The second kappa shape index (κ2) is 7.69. The maximum Gasteiger partial charge on any atom is 0.335 e. The summed E-state index contributed by atoms with van der Waals surface area (Å²) in [5, 5.41) is 24.9. The molecule has 2 N–H and O–H groups in total. The van der Waals surface area contributed by atoms with Crippen LogP contribution in [0.1, 0.15) is 53.4 Å². The molecule has 0 saturated heterocycles. The number of hydrogen-bond acceptors (Lipinski definition) is 5. The minimum atomic E-state index is -0.968. The molecule has 3 aromatic rings. The van der Waals surface area contributed by atoms with Crippen molar-refractivity contribution in [2.24, 2.45) is 0 Å². The molecule has 146 valence electrons. The van der Waals surface area contributed by atoms with E-state index >= 15 is 0 Å². The standard InChI is InChI=1S/C21H23N3O4/c1-13-18-10-15(19(25)12-28-17-4-2-3-5-17)11-22-20(18)24(23-13)16-8-6-14(7-9-16)21(26)27/h6-11,17,19,25H,2-5,12H2,1H3,(H,26,27)/t19-/m0/s1. The zero-order chi connectivity index (χ0) is 19.7. The lowest BCUT2D eigenvalue weighted by molar-refractivity contribution is -0.00704. The summed E-state index contributed by atoms with van der Waals surface area (Å²) in [7, 11) is 0. The van der Waals surface area contributed by atoms with Gasteiger partial charge in [-0.25, -0.2) is 14.5 Å². The largest absolute Gasteiger partial charge is 0.478 e. The summed E-state index contributed by atoms with van der Waals surface area (Å²) in [6, 6.07) is 8.39. The van der Waals surface area contributed by atoms with Gasteiger partial charge in [0.05, 0.1) is 29.7 Å². The summed E-state index contributed by atoms with van der Waals surface area (Å²) in [6.07, 6.45) is 5.70. The molecule has 1 aromatic carbocycles. The second-order valence-corrected chi connectivity index (χ2v) is 7.24. The average Bonchev–Trinajstić information content (AvgIpc) is 3.34. The monoisotopic (exact) mass is 381 g/mol. The molecule has 0 radical (unpaired) electrons. The zero-order valence-electron chi connectivity index (χ0n) is 15.7. The lowest BCUT2D eigenvalue weighted by atomic mass is 10.1. The molecule has 7 nitrogen and oxygen atoms in total. The SMILES string of the molecule is Cc1nn(-c2ccc(C(=O)O)cc2)c2ncc([C@@H](O)COC3CCCC3)cc12. The fraction of sp³-hybridized carbons (Fsp3) is 0.381. The molecule has 0 spiro atoms. The van der Waals surface area contributed by atoms with E-state index in [0.717, 1.165) is 29.6 Å². The highest BCUT2D eigenvalue weighted by atomic mass is 16.5. The first kappa shape index (κ1) is 18.6. The van der Waals surface area contributed by atoms with E-state index in [4.69, 9.17) is 9.84 Å². The number of aromatic nitrogens is 3. The lowest BCUT2D eigenvalue weighted by Gasteiger charge is -2.15. The number of aromatic carboxylic acids is 1. The van der Waals surface area contributed by atoms with E-state index in [0.29, 0.717) is 11.2 Å². The van der Waals surface area contributed by atoms with Crippen LogP contribution in [0.3, 0.4) is 0 Å². The fourth-order valence-electron chi connectivity index (χ4n) is 3.65. The molecule has 1 fully saturated rings. The number of pyridine rings is 1. The van der Waals surface area contributed by atoms with Crippen LogP contribution in [0.4, 0.5) is 0 Å². The molecular formula is C21H23N3O4. The van der Waals surface area contributed by atoms with E-state index in [1.807, 2.05) is 13.0 Å². The van der Waals surface area contributed by atoms with Crippen LogP contribution in [0.25, 0.3) is 16.7 Å². The van der Waals surface area contributed by atoms with Gasteiger partial charge in [0.1, 0.15) is 6.10 Å². The Morgan fingerprint density at radius 2 is 2.00 bits per heavy atom. The number of benzene rings is 1. The van der Waals surface area contributed by atoms with Crippen molar-refractivity contribution in [3.63, 3.8) is 0 Å². The summed E-state index contributed by atoms with van der Waals surface area (Å²) >= 11 is 0. The number of hydrogen-bond donors (Lipinski definition) is 2. The van der Waals surface area contributed by atoms with Gasteiger partial charge in [-0.05, 0) is 50.1 Å². The number of fused-ring (bicyclic) bond motifs is 1. The Bertz CT molecular complexity index is 991. The van der Waals surface area contributed by atoms with E-state index in [2.05, 4.69) is 10.1 Å². The van der Waals surface area contributed by atoms with Gasteiger partial charge in [-0.15, -0.1) is 0 Å². The van der Waals surface area contributed by atoms with E-state index in [-0.39, 0.29) is 18.3 Å². The minimum Gasteiger partial charge on any atom is -0.478 e. The van der Waals surface area contributed by atoms with Gasteiger partial charge < -0.3 is 14.9 Å². The molecule has 0 unspecified atom stereocenters. The smallest absolute Gasteiger partial charge is 0.335 e. The van der Waals surface area contributed by atoms with Gasteiger partial charge in [0.25, 0.3) is 0 Å². The number of rotatable bonds is 6. The molecule has 0 bridgehead atoms. The molecule has 1 atom stereocenters. The van der Waals surface area contributed by atoms with Crippen LogP contribution in [-0.4, -0.2) is 43.7 Å². The molecule has 1 saturated carbocycles. The van der Waals surface area contributed by atoms with Crippen molar-refractivity contribution in [2.75, 3.05) is 6.61 Å². The Kier molecular flexibility index (Phi) is 5.11. The van der Waals surface area contributed by atoms with Crippen molar-refractivity contribution in [1.82, 2.24) is 14.8 Å². The molecule has 0 aliphatic heterocycles. The van der Waals surface area contributed by atoms with E-state index in [9.17, 15) is 9.90 Å². The van der Waals surface area contributed by atoms with Crippen LogP contribution in [0, 0.1) is 6.92 Å². The van der Waals surface area contributed by atoms with Crippen LogP contribution in [0.2, 0.25) is 0 Å². The molecular weight excluding hydrogens is 358 g/mol. The summed E-state index contributed by atoms with van der Waals surface area (Å²) < 4.78 is 7.50. The number of aliphatic hydroxyl groups is 1. The molecule has 4 rings (SSSR count). The highest BCUT2D eigenvalue weighted by molar-refractivity contribution is 5.88. The molecule has 2 aromatic heterocycles. The maximum atomic E-state index is 11.0. The number of nitrogens with zero attached hydrogens (tertiary/aromatic N) is 3. The van der Waals surface area contributed by atoms with Gasteiger partial charge in [0, 0.05) is 17.1 Å². The average molecular weight is 381 g/mol. The number of aryl methyl sites for hydroxylation is 1. The van der Waals surface area contributed by atoms with Crippen molar-refractivity contribution < 1.29 is 19.7 Å². The third kappa shape index (κ3) is 3.63. The van der Waals surface area contributed by atoms with Crippen LogP contribution in [0.15, 0.2) is 36.5 Å². The maximum absolute atomic E-state index is 11.0. The Morgan fingerprint density at radius 3 is 2.68 bits per heavy atom. The van der Waals surface area contributed by atoms with Crippen LogP contribution in [0.5, 0.6) is 0 Å². The Morgan fingerprint density at radius 1 is 1.29 bits per heavy atom. The lowest BCUT2D eigenvalue weighted by Crippen LogP contribution is -2.14. The predicted octanol–water partition coefficient (Wildman–Crippen LogP) is 3.42. The number of carboxylic acids is 1. The van der Waals surface area contributed by atoms with Crippen LogP contribution < -0.4 is 0 Å². The molecule has 28 heavy (non-hydrogen) atoms. The predicted molar refractivity (Wildman–Crippen MR) is 104 cm³/mol. The third-order valence-electron chi connectivity index (χ3n) is 5.26. The second-order valence-electron chi connectivity index (χ2n) is 7.24. The van der Waals surface area contributed by atoms with Crippen molar-refractivity contribution >= 4 is 17.0 Å². The number of aliphatic hydroxyl groups excluding tert-OH is 1. The van der Waals surface area contributed by atoms with Gasteiger partial charge in [-0.3, -0.25) is 0 Å². The zero-order valence-corrected chi connectivity index (χ0v) is 15.7. The minimum absolute atomic E-state index is 0.220. The Hall–Kier alpha value is -2.77. The third-order valence-corrected chi connectivity index (χ3v) is 5.26. The normalized spacial score (nSPS) is 15.9. The summed E-state index contributed by atoms with van der Waals surface area (Å²) in [5.41, 5.74) is 3.10. The van der Waals surface area contributed by atoms with Crippen molar-refractivity contribution in [3.8, 4) is 5.69 Å². The highest BCUT2D eigenvalue weighted by Gasteiger charge is 2.19. The number of ether oxygens (including phenoxy) is 1. The summed E-state index contributed by atoms with van der Waals surface area (Å²) in [5.74, 6) is -0.968. The fourth-order valence-corrected chi connectivity index (χ4v) is 3.65. The Labute approximate surface area is 162 Å². The molecule has 1 aliphatic carbocycles. The number of carbonyl (C=O) groups is 1. The highest BCUT2D eigenvalue weighted by Crippen LogP contribution is 2.26. The van der Waals surface area contributed by atoms with Gasteiger partial charge in [-0.2, -0.15) is 5.10 Å². The molecule has 1 aliphatic rings. The van der Waals surface area contributed by atoms with Crippen molar-refractivity contribution in [3.05, 3.63) is 53.3 Å². The van der Waals surface area contributed by atoms with Crippen LogP contribution >= 0.6 is 0 Å². The quantitative estimate of drug-likeness (QED) is 0.679. The first-order valence-electron chi connectivity index (χ1n) is 9.51. The van der Waals surface area contributed by atoms with E-state index < -0.39 is 12.1 Å².